The first-order chi connectivity index (χ1) is 9.15. The summed E-state index contributed by atoms with van der Waals surface area (Å²) in [5.41, 5.74) is 5.32. The Labute approximate surface area is 114 Å². The van der Waals surface area contributed by atoms with Crippen LogP contribution in [0.1, 0.15) is 44.9 Å². The lowest BCUT2D eigenvalue weighted by Gasteiger charge is -2.26. The van der Waals surface area contributed by atoms with Gasteiger partial charge in [-0.05, 0) is 62.7 Å². The number of rotatable bonds is 5. The molecule has 19 heavy (non-hydrogen) atoms. The van der Waals surface area contributed by atoms with Gasteiger partial charge in [0.15, 0.2) is 0 Å². The van der Waals surface area contributed by atoms with Gasteiger partial charge in [-0.1, -0.05) is 0 Å². The molecule has 4 heteroatoms. The average molecular weight is 264 g/mol. The second-order valence-electron chi connectivity index (χ2n) is 6.71. The molecule has 0 aliphatic heterocycles. The molecule has 0 aromatic rings. The minimum absolute atomic E-state index is 0.0645. The molecule has 106 valence electrons. The van der Waals surface area contributed by atoms with Gasteiger partial charge < -0.3 is 11.1 Å². The highest BCUT2D eigenvalue weighted by Crippen LogP contribution is 2.54. The van der Waals surface area contributed by atoms with Crippen molar-refractivity contribution in [2.24, 2.45) is 35.3 Å². The molecule has 0 saturated heterocycles. The molecule has 0 radical (unpaired) electrons. The van der Waals surface area contributed by atoms with Crippen molar-refractivity contribution < 1.29 is 9.59 Å². The molecule has 0 aromatic heterocycles. The average Bonchev–Trinajstić information content (AvgIpc) is 3.28. The standard InChI is InChI=1S/C15H24N2O2/c16-14(18)11-3-1-9(2-4-11)8-17-15(19)13-7-12(13)10-5-6-10/h9-13H,1-8H2,(H2,16,18)(H,17,19)/t9?,11?,12-,13-/m0/s1. The maximum absolute atomic E-state index is 12.0. The zero-order valence-electron chi connectivity index (χ0n) is 11.4. The fraction of sp³-hybridized carbons (Fsp3) is 0.867. The van der Waals surface area contributed by atoms with E-state index in [1.165, 1.54) is 12.8 Å². The van der Waals surface area contributed by atoms with Crippen molar-refractivity contribution in [3.8, 4) is 0 Å². The molecular formula is C15H24N2O2. The number of carbonyl (C=O) groups excluding carboxylic acids is 2. The van der Waals surface area contributed by atoms with Crippen molar-refractivity contribution in [3.63, 3.8) is 0 Å². The van der Waals surface area contributed by atoms with Gasteiger partial charge in [0.2, 0.25) is 11.8 Å². The van der Waals surface area contributed by atoms with Gasteiger partial charge in [0.1, 0.15) is 0 Å². The third-order valence-corrected chi connectivity index (χ3v) is 5.22. The Bertz CT molecular complexity index is 370. The zero-order valence-corrected chi connectivity index (χ0v) is 11.4. The van der Waals surface area contributed by atoms with Gasteiger partial charge in [0.05, 0.1) is 0 Å². The fourth-order valence-electron chi connectivity index (χ4n) is 3.59. The molecule has 3 aliphatic carbocycles. The van der Waals surface area contributed by atoms with E-state index in [2.05, 4.69) is 5.32 Å². The van der Waals surface area contributed by atoms with Crippen molar-refractivity contribution in [1.29, 1.82) is 0 Å². The van der Waals surface area contributed by atoms with Gasteiger partial charge >= 0.3 is 0 Å². The third-order valence-electron chi connectivity index (χ3n) is 5.22. The summed E-state index contributed by atoms with van der Waals surface area (Å²) in [6.45, 7) is 0.790. The van der Waals surface area contributed by atoms with Crippen molar-refractivity contribution in [3.05, 3.63) is 0 Å². The minimum Gasteiger partial charge on any atom is -0.369 e. The van der Waals surface area contributed by atoms with Crippen LogP contribution in [-0.2, 0) is 9.59 Å². The lowest BCUT2D eigenvalue weighted by atomic mass is 9.81. The second kappa shape index (κ2) is 5.14. The first-order valence-electron chi connectivity index (χ1n) is 7.72. The Balaban J connectivity index is 1.34. The smallest absolute Gasteiger partial charge is 0.223 e. The highest BCUT2D eigenvalue weighted by atomic mass is 16.2. The SMILES string of the molecule is NC(=O)C1CCC(CNC(=O)[C@H]2C[C@H]2C2CC2)CC1. The number of carbonyl (C=O) groups is 2. The van der Waals surface area contributed by atoms with E-state index in [9.17, 15) is 9.59 Å². The summed E-state index contributed by atoms with van der Waals surface area (Å²) in [6, 6.07) is 0. The van der Waals surface area contributed by atoms with Crippen LogP contribution in [0.5, 0.6) is 0 Å². The maximum Gasteiger partial charge on any atom is 0.223 e. The molecule has 0 bridgehead atoms. The number of amides is 2. The predicted octanol–water partition coefficient (Wildman–Crippen LogP) is 1.44. The van der Waals surface area contributed by atoms with Crippen molar-refractivity contribution in [2.75, 3.05) is 6.54 Å². The van der Waals surface area contributed by atoms with Crippen LogP contribution < -0.4 is 11.1 Å². The van der Waals surface area contributed by atoms with E-state index < -0.39 is 0 Å². The van der Waals surface area contributed by atoms with Crippen LogP contribution in [0.15, 0.2) is 0 Å². The molecule has 2 amide bonds. The Hall–Kier alpha value is -1.06. The van der Waals surface area contributed by atoms with E-state index in [1.807, 2.05) is 0 Å². The molecular weight excluding hydrogens is 240 g/mol. The molecule has 3 rings (SSSR count). The molecule has 3 saturated carbocycles. The van der Waals surface area contributed by atoms with Crippen LogP contribution >= 0.6 is 0 Å². The minimum atomic E-state index is -0.159. The maximum atomic E-state index is 12.0. The summed E-state index contributed by atoms with van der Waals surface area (Å²) in [5, 5.41) is 3.12. The fourth-order valence-corrected chi connectivity index (χ4v) is 3.59. The monoisotopic (exact) mass is 264 g/mol. The third kappa shape index (κ3) is 3.10. The van der Waals surface area contributed by atoms with Crippen LogP contribution in [-0.4, -0.2) is 18.4 Å². The molecule has 3 fully saturated rings. The number of nitrogens with two attached hydrogens (primary N) is 1. The van der Waals surface area contributed by atoms with Gasteiger partial charge in [-0.3, -0.25) is 9.59 Å². The Morgan fingerprint density at radius 2 is 1.74 bits per heavy atom. The van der Waals surface area contributed by atoms with E-state index >= 15 is 0 Å². The first kappa shape index (κ1) is 12.9. The highest BCUT2D eigenvalue weighted by Gasteiger charge is 2.51. The topological polar surface area (TPSA) is 72.2 Å². The number of primary amides is 1. The zero-order chi connectivity index (χ0) is 13.4. The quantitative estimate of drug-likeness (QED) is 0.788. The van der Waals surface area contributed by atoms with Crippen LogP contribution in [0.3, 0.4) is 0 Å². The van der Waals surface area contributed by atoms with E-state index in [1.54, 1.807) is 0 Å². The molecule has 3 aliphatic rings. The summed E-state index contributed by atoms with van der Waals surface area (Å²) in [7, 11) is 0. The molecule has 3 N–H and O–H groups in total. The summed E-state index contributed by atoms with van der Waals surface area (Å²) < 4.78 is 0. The van der Waals surface area contributed by atoms with Crippen molar-refractivity contribution in [1.82, 2.24) is 5.32 Å². The van der Waals surface area contributed by atoms with Crippen molar-refractivity contribution >= 4 is 11.8 Å². The van der Waals surface area contributed by atoms with Crippen molar-refractivity contribution in [2.45, 2.75) is 44.9 Å². The van der Waals surface area contributed by atoms with Crippen LogP contribution in [0.2, 0.25) is 0 Å². The summed E-state index contributed by atoms with van der Waals surface area (Å²) >= 11 is 0. The summed E-state index contributed by atoms with van der Waals surface area (Å²) in [4.78, 5) is 23.1. The summed E-state index contributed by atoms with van der Waals surface area (Å²) in [5.74, 6) is 2.59. The lowest BCUT2D eigenvalue weighted by Crippen LogP contribution is -2.34. The van der Waals surface area contributed by atoms with Crippen LogP contribution in [0.25, 0.3) is 0 Å². The second-order valence-corrected chi connectivity index (χ2v) is 6.71. The number of hydrogen-bond donors (Lipinski definition) is 2. The van der Waals surface area contributed by atoms with E-state index in [0.29, 0.717) is 17.8 Å². The molecule has 2 atom stereocenters. The molecule has 4 nitrogen and oxygen atoms in total. The van der Waals surface area contributed by atoms with E-state index in [-0.39, 0.29) is 17.7 Å². The summed E-state index contributed by atoms with van der Waals surface area (Å²) in [6.07, 6.45) is 7.62. The molecule has 0 unspecified atom stereocenters. The Kier molecular flexibility index (Phi) is 3.50. The normalized spacial score (nSPS) is 37.7. The Morgan fingerprint density at radius 3 is 2.32 bits per heavy atom. The van der Waals surface area contributed by atoms with E-state index in [4.69, 9.17) is 5.73 Å². The van der Waals surface area contributed by atoms with Gasteiger partial charge in [0.25, 0.3) is 0 Å². The predicted molar refractivity (Wildman–Crippen MR) is 72.0 cm³/mol. The van der Waals surface area contributed by atoms with Gasteiger partial charge in [-0.15, -0.1) is 0 Å². The van der Waals surface area contributed by atoms with Crippen LogP contribution in [0, 0.1) is 29.6 Å². The van der Waals surface area contributed by atoms with E-state index in [0.717, 1.165) is 44.6 Å². The number of hydrogen-bond acceptors (Lipinski definition) is 2. The molecule has 0 aromatic carbocycles. The highest BCUT2D eigenvalue weighted by molar-refractivity contribution is 5.81. The van der Waals surface area contributed by atoms with Gasteiger partial charge in [-0.2, -0.15) is 0 Å². The first-order valence-corrected chi connectivity index (χ1v) is 7.72. The largest absolute Gasteiger partial charge is 0.369 e. The molecule has 0 spiro atoms. The van der Waals surface area contributed by atoms with Gasteiger partial charge in [0, 0.05) is 18.4 Å². The van der Waals surface area contributed by atoms with Gasteiger partial charge in [-0.25, -0.2) is 0 Å². The lowest BCUT2D eigenvalue weighted by molar-refractivity contribution is -0.124. The Morgan fingerprint density at radius 1 is 1.05 bits per heavy atom. The van der Waals surface area contributed by atoms with Crippen LogP contribution in [0.4, 0.5) is 0 Å². The molecule has 0 heterocycles. The number of nitrogens with one attached hydrogen (secondary N) is 1.